The third kappa shape index (κ3) is 4.15. The maximum Gasteiger partial charge on any atom is 0.124 e. The number of aromatic nitrogens is 2. The van der Waals surface area contributed by atoms with Gasteiger partial charge in [-0.2, -0.15) is 0 Å². The molecule has 1 aromatic heterocycles. The van der Waals surface area contributed by atoms with E-state index in [-0.39, 0.29) is 5.82 Å². The minimum Gasteiger partial charge on any atom is -0.329 e. The molecule has 0 aliphatic rings. The summed E-state index contributed by atoms with van der Waals surface area (Å²) in [6, 6.07) is 4.77. The van der Waals surface area contributed by atoms with Crippen LogP contribution < -0.4 is 5.32 Å². The predicted octanol–water partition coefficient (Wildman–Crippen LogP) is 3.58. The molecule has 0 radical (unpaired) electrons. The van der Waals surface area contributed by atoms with Gasteiger partial charge < -0.3 is 9.88 Å². The number of hydrogen-bond acceptors (Lipinski definition) is 2. The number of nitrogens with one attached hydrogen (secondary N) is 1. The third-order valence-electron chi connectivity index (χ3n) is 2.99. The smallest absolute Gasteiger partial charge is 0.124 e. The van der Waals surface area contributed by atoms with E-state index in [1.807, 2.05) is 6.20 Å². The van der Waals surface area contributed by atoms with Gasteiger partial charge in [0.25, 0.3) is 0 Å². The Morgan fingerprint density at radius 3 is 2.90 bits per heavy atom. The zero-order chi connectivity index (χ0) is 14.5. The summed E-state index contributed by atoms with van der Waals surface area (Å²) in [5.74, 6) is 1.37. The molecule has 0 aliphatic heterocycles. The summed E-state index contributed by atoms with van der Waals surface area (Å²) in [5, 5.41) is 3.38. The van der Waals surface area contributed by atoms with Crippen molar-refractivity contribution in [3.05, 3.63) is 52.3 Å². The second-order valence-electron chi connectivity index (χ2n) is 5.23. The average Bonchev–Trinajstić information content (AvgIpc) is 2.80. The zero-order valence-electron chi connectivity index (χ0n) is 11.7. The monoisotopic (exact) mass is 339 g/mol. The molecule has 0 fully saturated rings. The van der Waals surface area contributed by atoms with E-state index in [9.17, 15) is 4.39 Å². The fourth-order valence-electron chi connectivity index (χ4n) is 1.96. The number of halogens is 2. The lowest BCUT2D eigenvalue weighted by atomic mass is 10.2. The molecular weight excluding hydrogens is 321 g/mol. The standard InChI is InChI=1S/C15H19BrFN3/c1-11(2)8-18-9-15-19-5-6-20(15)10-12-3-4-13(17)7-14(12)16/h3-7,11,18H,8-10H2,1-2H3. The Morgan fingerprint density at radius 2 is 2.20 bits per heavy atom. The van der Waals surface area contributed by atoms with Crippen LogP contribution in [-0.4, -0.2) is 16.1 Å². The first-order valence-electron chi connectivity index (χ1n) is 6.71. The van der Waals surface area contributed by atoms with E-state index in [1.54, 1.807) is 12.3 Å². The normalized spacial score (nSPS) is 11.2. The Hall–Kier alpha value is -1.20. The molecule has 5 heteroatoms. The third-order valence-corrected chi connectivity index (χ3v) is 3.73. The van der Waals surface area contributed by atoms with Gasteiger partial charge in [0.1, 0.15) is 11.6 Å². The summed E-state index contributed by atoms with van der Waals surface area (Å²) in [4.78, 5) is 4.37. The Morgan fingerprint density at radius 1 is 1.40 bits per heavy atom. The van der Waals surface area contributed by atoms with Gasteiger partial charge in [0.2, 0.25) is 0 Å². The van der Waals surface area contributed by atoms with E-state index in [1.165, 1.54) is 12.1 Å². The van der Waals surface area contributed by atoms with Crippen molar-refractivity contribution < 1.29 is 4.39 Å². The van der Waals surface area contributed by atoms with Gasteiger partial charge in [0, 0.05) is 23.4 Å². The van der Waals surface area contributed by atoms with Gasteiger partial charge in [0.05, 0.1) is 6.54 Å². The van der Waals surface area contributed by atoms with Crippen LogP contribution in [0.2, 0.25) is 0 Å². The van der Waals surface area contributed by atoms with E-state index >= 15 is 0 Å². The first-order chi connectivity index (χ1) is 9.56. The van der Waals surface area contributed by atoms with Gasteiger partial charge in [-0.05, 0) is 30.2 Å². The molecule has 2 rings (SSSR count). The molecule has 1 aromatic carbocycles. The van der Waals surface area contributed by atoms with Crippen molar-refractivity contribution in [3.63, 3.8) is 0 Å². The maximum atomic E-state index is 13.1. The van der Waals surface area contributed by atoms with Crippen molar-refractivity contribution in [2.24, 2.45) is 5.92 Å². The lowest BCUT2D eigenvalue weighted by Crippen LogP contribution is -2.21. The number of rotatable bonds is 6. The van der Waals surface area contributed by atoms with Crippen LogP contribution in [0.15, 0.2) is 35.1 Å². The fraction of sp³-hybridized carbons (Fsp3) is 0.400. The van der Waals surface area contributed by atoms with Crippen LogP contribution in [0.3, 0.4) is 0 Å². The second-order valence-corrected chi connectivity index (χ2v) is 6.09. The Labute approximate surface area is 127 Å². The van der Waals surface area contributed by atoms with Crippen molar-refractivity contribution >= 4 is 15.9 Å². The summed E-state index contributed by atoms with van der Waals surface area (Å²) in [6.45, 7) is 6.74. The molecule has 108 valence electrons. The SMILES string of the molecule is CC(C)CNCc1nccn1Cc1ccc(F)cc1Br. The first-order valence-corrected chi connectivity index (χ1v) is 7.50. The number of hydrogen-bond donors (Lipinski definition) is 1. The van der Waals surface area contributed by atoms with Gasteiger partial charge in [0.15, 0.2) is 0 Å². The first kappa shape index (κ1) is 15.2. The van der Waals surface area contributed by atoms with Gasteiger partial charge in [-0.25, -0.2) is 9.37 Å². The molecule has 1 N–H and O–H groups in total. The minimum absolute atomic E-state index is 0.231. The lowest BCUT2D eigenvalue weighted by molar-refractivity contribution is 0.532. The Balaban J connectivity index is 2.04. The molecule has 0 aliphatic carbocycles. The Kier molecular flexibility index (Phi) is 5.31. The van der Waals surface area contributed by atoms with Crippen molar-refractivity contribution in [2.75, 3.05) is 6.54 Å². The minimum atomic E-state index is -0.231. The van der Waals surface area contributed by atoms with Crippen molar-refractivity contribution in [1.29, 1.82) is 0 Å². The molecule has 0 unspecified atom stereocenters. The molecule has 0 spiro atoms. The fourth-order valence-corrected chi connectivity index (χ4v) is 2.43. The molecule has 0 saturated heterocycles. The highest BCUT2D eigenvalue weighted by Gasteiger charge is 2.07. The largest absolute Gasteiger partial charge is 0.329 e. The van der Waals surface area contributed by atoms with Gasteiger partial charge in [-0.15, -0.1) is 0 Å². The topological polar surface area (TPSA) is 29.9 Å². The van der Waals surface area contributed by atoms with Crippen LogP contribution in [0.1, 0.15) is 25.2 Å². The van der Waals surface area contributed by atoms with Gasteiger partial charge in [-0.1, -0.05) is 35.8 Å². The van der Waals surface area contributed by atoms with Gasteiger partial charge in [-0.3, -0.25) is 0 Å². The summed E-state index contributed by atoms with van der Waals surface area (Å²) in [5.41, 5.74) is 1.04. The number of imidazole rings is 1. The van der Waals surface area contributed by atoms with Crippen LogP contribution in [0.25, 0.3) is 0 Å². The molecule has 0 saturated carbocycles. The van der Waals surface area contributed by atoms with Crippen molar-refractivity contribution in [2.45, 2.75) is 26.9 Å². The highest BCUT2D eigenvalue weighted by atomic mass is 79.9. The molecule has 0 atom stereocenters. The molecule has 0 amide bonds. The van der Waals surface area contributed by atoms with Crippen LogP contribution in [-0.2, 0) is 13.1 Å². The lowest BCUT2D eigenvalue weighted by Gasteiger charge is -2.11. The molecular formula is C15H19BrFN3. The Bertz CT molecular complexity index is 566. The molecule has 20 heavy (non-hydrogen) atoms. The molecule has 1 heterocycles. The van der Waals surface area contributed by atoms with E-state index in [4.69, 9.17) is 0 Å². The van der Waals surface area contributed by atoms with Crippen LogP contribution in [0, 0.1) is 11.7 Å². The van der Waals surface area contributed by atoms with E-state index in [2.05, 4.69) is 44.6 Å². The quantitative estimate of drug-likeness (QED) is 0.871. The summed E-state index contributed by atoms with van der Waals surface area (Å²) in [7, 11) is 0. The summed E-state index contributed by atoms with van der Waals surface area (Å²) >= 11 is 3.40. The second kappa shape index (κ2) is 6.99. The molecule has 3 nitrogen and oxygen atoms in total. The zero-order valence-corrected chi connectivity index (χ0v) is 13.3. The van der Waals surface area contributed by atoms with Crippen LogP contribution >= 0.6 is 15.9 Å². The average molecular weight is 340 g/mol. The highest BCUT2D eigenvalue weighted by Crippen LogP contribution is 2.19. The maximum absolute atomic E-state index is 13.1. The van der Waals surface area contributed by atoms with Crippen LogP contribution in [0.5, 0.6) is 0 Å². The van der Waals surface area contributed by atoms with Crippen molar-refractivity contribution in [1.82, 2.24) is 14.9 Å². The summed E-state index contributed by atoms with van der Waals surface area (Å²) in [6.07, 6.45) is 3.74. The van der Waals surface area contributed by atoms with Crippen LogP contribution in [0.4, 0.5) is 4.39 Å². The molecule has 2 aromatic rings. The van der Waals surface area contributed by atoms with Crippen molar-refractivity contribution in [3.8, 4) is 0 Å². The number of benzene rings is 1. The predicted molar refractivity (Wildman–Crippen MR) is 82.0 cm³/mol. The molecule has 0 bridgehead atoms. The highest BCUT2D eigenvalue weighted by molar-refractivity contribution is 9.10. The van der Waals surface area contributed by atoms with E-state index in [0.29, 0.717) is 12.5 Å². The van der Waals surface area contributed by atoms with E-state index in [0.717, 1.165) is 29.0 Å². The number of nitrogens with zero attached hydrogens (tertiary/aromatic N) is 2. The van der Waals surface area contributed by atoms with Gasteiger partial charge >= 0.3 is 0 Å². The van der Waals surface area contributed by atoms with E-state index < -0.39 is 0 Å². The summed E-state index contributed by atoms with van der Waals surface area (Å²) < 4.78 is 15.9.